The second kappa shape index (κ2) is 6.03. The van der Waals surface area contributed by atoms with E-state index in [0.717, 1.165) is 32.6 Å². The lowest BCUT2D eigenvalue weighted by Gasteiger charge is -2.32. The zero-order chi connectivity index (χ0) is 12.1. The topological polar surface area (TPSA) is 41.5 Å². The highest BCUT2D eigenvalue weighted by atomic mass is 16.5. The highest BCUT2D eigenvalue weighted by Crippen LogP contribution is 2.21. The van der Waals surface area contributed by atoms with Crippen LogP contribution in [0, 0.1) is 5.92 Å². The second-order valence-corrected chi connectivity index (χ2v) is 4.66. The van der Waals surface area contributed by atoms with Crippen LogP contribution in [0.15, 0.2) is 24.3 Å². The summed E-state index contributed by atoms with van der Waals surface area (Å²) < 4.78 is 5.56. The Morgan fingerprint density at radius 3 is 3.12 bits per heavy atom. The second-order valence-electron chi connectivity index (χ2n) is 4.66. The van der Waals surface area contributed by atoms with Crippen molar-refractivity contribution in [3.63, 3.8) is 0 Å². The maximum Gasteiger partial charge on any atom is 0.115 e. The van der Waals surface area contributed by atoms with Crippen LogP contribution in [0.4, 0.5) is 0 Å². The Hall–Kier alpha value is -1.06. The number of hydrogen-bond donors (Lipinski definition) is 2. The molecule has 0 aliphatic carbocycles. The third kappa shape index (κ3) is 3.45. The normalized spacial score (nSPS) is 24.8. The van der Waals surface area contributed by atoms with Crippen LogP contribution < -0.4 is 5.32 Å². The zero-order valence-electron chi connectivity index (χ0n) is 10.4. The van der Waals surface area contributed by atoms with E-state index in [1.807, 2.05) is 12.1 Å². The fourth-order valence-electron chi connectivity index (χ4n) is 2.52. The molecule has 3 nitrogen and oxygen atoms in total. The lowest BCUT2D eigenvalue weighted by atomic mass is 9.89. The number of phenolic OH excluding ortho intramolecular Hbond substituents is 1. The Morgan fingerprint density at radius 1 is 1.47 bits per heavy atom. The molecule has 17 heavy (non-hydrogen) atoms. The predicted octanol–water partition coefficient (Wildman–Crippen LogP) is 1.95. The van der Waals surface area contributed by atoms with E-state index in [1.54, 1.807) is 6.07 Å². The Morgan fingerprint density at radius 2 is 2.35 bits per heavy atom. The van der Waals surface area contributed by atoms with Gasteiger partial charge in [0.25, 0.3) is 0 Å². The van der Waals surface area contributed by atoms with Gasteiger partial charge in [-0.3, -0.25) is 0 Å². The summed E-state index contributed by atoms with van der Waals surface area (Å²) >= 11 is 0. The van der Waals surface area contributed by atoms with E-state index in [2.05, 4.69) is 18.3 Å². The van der Waals surface area contributed by atoms with Crippen molar-refractivity contribution >= 4 is 0 Å². The summed E-state index contributed by atoms with van der Waals surface area (Å²) in [5.74, 6) is 0.852. The Balaban J connectivity index is 2.00. The molecule has 94 valence electrons. The molecule has 2 atom stereocenters. The lowest BCUT2D eigenvalue weighted by molar-refractivity contribution is 0.0326. The van der Waals surface area contributed by atoms with Crippen LogP contribution in [-0.4, -0.2) is 30.9 Å². The molecule has 1 fully saturated rings. The molecule has 2 rings (SSSR count). The number of phenols is 1. The van der Waals surface area contributed by atoms with Gasteiger partial charge in [-0.25, -0.2) is 0 Å². The molecule has 1 aromatic rings. The molecule has 0 radical (unpaired) electrons. The van der Waals surface area contributed by atoms with Gasteiger partial charge in [0.2, 0.25) is 0 Å². The van der Waals surface area contributed by atoms with E-state index >= 15 is 0 Å². The molecule has 0 saturated carbocycles. The van der Waals surface area contributed by atoms with E-state index < -0.39 is 0 Å². The molecular weight excluding hydrogens is 214 g/mol. The van der Waals surface area contributed by atoms with Gasteiger partial charge in [0.15, 0.2) is 0 Å². The van der Waals surface area contributed by atoms with Crippen molar-refractivity contribution in [3.8, 4) is 5.75 Å². The minimum atomic E-state index is 0.347. The standard InChI is InChI=1S/C14H21NO2/c1-2-15-14-6-7-17-10-12(14)8-11-4-3-5-13(16)9-11/h3-5,9,12,14-16H,2,6-8,10H2,1H3. The summed E-state index contributed by atoms with van der Waals surface area (Å²) in [5, 5.41) is 13.0. The van der Waals surface area contributed by atoms with Crippen molar-refractivity contribution < 1.29 is 9.84 Å². The maximum atomic E-state index is 9.46. The van der Waals surface area contributed by atoms with E-state index in [0.29, 0.717) is 17.7 Å². The van der Waals surface area contributed by atoms with Crippen LogP contribution in [0.25, 0.3) is 0 Å². The molecule has 0 bridgehead atoms. The third-order valence-corrected chi connectivity index (χ3v) is 3.35. The smallest absolute Gasteiger partial charge is 0.115 e. The average molecular weight is 235 g/mol. The van der Waals surface area contributed by atoms with Crippen molar-refractivity contribution in [2.75, 3.05) is 19.8 Å². The van der Waals surface area contributed by atoms with E-state index in [-0.39, 0.29) is 0 Å². The molecule has 1 saturated heterocycles. The summed E-state index contributed by atoms with van der Waals surface area (Å²) in [7, 11) is 0. The Kier molecular flexibility index (Phi) is 4.40. The summed E-state index contributed by atoms with van der Waals surface area (Å²) in [6.45, 7) is 4.81. The number of nitrogens with one attached hydrogen (secondary N) is 1. The van der Waals surface area contributed by atoms with Gasteiger partial charge in [-0.1, -0.05) is 19.1 Å². The first-order valence-electron chi connectivity index (χ1n) is 6.38. The van der Waals surface area contributed by atoms with Crippen LogP contribution in [0.1, 0.15) is 18.9 Å². The predicted molar refractivity (Wildman–Crippen MR) is 68.2 cm³/mol. The summed E-state index contributed by atoms with van der Waals surface area (Å²) in [6.07, 6.45) is 2.05. The maximum absolute atomic E-state index is 9.46. The first-order valence-corrected chi connectivity index (χ1v) is 6.38. The van der Waals surface area contributed by atoms with Crippen molar-refractivity contribution in [1.29, 1.82) is 0 Å². The molecule has 0 aromatic heterocycles. The Bertz CT molecular complexity index is 352. The molecule has 2 N–H and O–H groups in total. The van der Waals surface area contributed by atoms with Crippen LogP contribution in [0.3, 0.4) is 0 Å². The zero-order valence-corrected chi connectivity index (χ0v) is 10.4. The van der Waals surface area contributed by atoms with Gasteiger partial charge in [-0.15, -0.1) is 0 Å². The molecular formula is C14H21NO2. The first kappa shape index (κ1) is 12.4. The van der Waals surface area contributed by atoms with Gasteiger partial charge in [0, 0.05) is 18.6 Å². The summed E-state index contributed by atoms with van der Waals surface area (Å²) in [5.41, 5.74) is 1.18. The van der Waals surface area contributed by atoms with Gasteiger partial charge >= 0.3 is 0 Å². The summed E-state index contributed by atoms with van der Waals surface area (Å²) in [4.78, 5) is 0. The van der Waals surface area contributed by atoms with Gasteiger partial charge in [0.1, 0.15) is 5.75 Å². The minimum Gasteiger partial charge on any atom is -0.508 e. The van der Waals surface area contributed by atoms with Gasteiger partial charge in [-0.05, 0) is 37.1 Å². The Labute approximate surface area is 103 Å². The third-order valence-electron chi connectivity index (χ3n) is 3.35. The van der Waals surface area contributed by atoms with Crippen molar-refractivity contribution in [2.45, 2.75) is 25.8 Å². The summed E-state index contributed by atoms with van der Waals surface area (Å²) in [6, 6.07) is 8.06. The largest absolute Gasteiger partial charge is 0.508 e. The fraction of sp³-hybridized carbons (Fsp3) is 0.571. The molecule has 1 aromatic carbocycles. The number of benzene rings is 1. The van der Waals surface area contributed by atoms with Gasteiger partial charge in [0.05, 0.1) is 6.61 Å². The van der Waals surface area contributed by atoms with Crippen LogP contribution in [0.2, 0.25) is 0 Å². The number of rotatable bonds is 4. The first-order chi connectivity index (χ1) is 8.29. The fourth-order valence-corrected chi connectivity index (χ4v) is 2.52. The molecule has 2 unspecified atom stereocenters. The average Bonchev–Trinajstić information content (AvgIpc) is 2.32. The van der Waals surface area contributed by atoms with Gasteiger partial charge < -0.3 is 15.2 Å². The highest BCUT2D eigenvalue weighted by molar-refractivity contribution is 5.27. The number of aromatic hydroxyl groups is 1. The van der Waals surface area contributed by atoms with Crippen LogP contribution in [-0.2, 0) is 11.2 Å². The van der Waals surface area contributed by atoms with Crippen molar-refractivity contribution in [1.82, 2.24) is 5.32 Å². The highest BCUT2D eigenvalue weighted by Gasteiger charge is 2.25. The van der Waals surface area contributed by atoms with E-state index in [4.69, 9.17) is 4.74 Å². The minimum absolute atomic E-state index is 0.347. The lowest BCUT2D eigenvalue weighted by Crippen LogP contribution is -2.43. The quantitative estimate of drug-likeness (QED) is 0.838. The molecule has 1 aliphatic heterocycles. The van der Waals surface area contributed by atoms with Crippen molar-refractivity contribution in [3.05, 3.63) is 29.8 Å². The van der Waals surface area contributed by atoms with E-state index in [9.17, 15) is 5.11 Å². The molecule has 3 heteroatoms. The van der Waals surface area contributed by atoms with E-state index in [1.165, 1.54) is 5.56 Å². The van der Waals surface area contributed by atoms with Crippen LogP contribution in [0.5, 0.6) is 5.75 Å². The molecule has 1 heterocycles. The monoisotopic (exact) mass is 235 g/mol. The van der Waals surface area contributed by atoms with Crippen molar-refractivity contribution in [2.24, 2.45) is 5.92 Å². The molecule has 1 aliphatic rings. The SMILES string of the molecule is CCNC1CCOCC1Cc1cccc(O)c1. The van der Waals surface area contributed by atoms with Gasteiger partial charge in [-0.2, -0.15) is 0 Å². The molecule has 0 amide bonds. The van der Waals surface area contributed by atoms with Crippen LogP contribution >= 0.6 is 0 Å². The molecule has 0 spiro atoms. The number of hydrogen-bond acceptors (Lipinski definition) is 3. The number of ether oxygens (including phenoxy) is 1.